The first kappa shape index (κ1) is 26.0. The Bertz CT molecular complexity index is 1150. The quantitative estimate of drug-likeness (QED) is 0.365. The first-order chi connectivity index (χ1) is 16.7. The van der Waals surface area contributed by atoms with Crippen molar-refractivity contribution in [2.75, 3.05) is 31.2 Å². The second kappa shape index (κ2) is 11.2. The van der Waals surface area contributed by atoms with Crippen molar-refractivity contribution < 1.29 is 24.5 Å². The number of hydrogen-bond acceptors (Lipinski definition) is 6. The third kappa shape index (κ3) is 6.31. The molecule has 2 N–H and O–H groups in total. The van der Waals surface area contributed by atoms with Gasteiger partial charge >= 0.3 is 6.16 Å². The Morgan fingerprint density at radius 2 is 1.66 bits per heavy atom. The molecule has 0 aliphatic rings. The van der Waals surface area contributed by atoms with Gasteiger partial charge < -0.3 is 24.6 Å². The Morgan fingerprint density at radius 3 is 2.23 bits per heavy atom. The fourth-order valence-corrected chi connectivity index (χ4v) is 4.06. The molecule has 0 saturated heterocycles. The Labute approximate surface area is 207 Å². The lowest BCUT2D eigenvalue weighted by Gasteiger charge is -2.31. The van der Waals surface area contributed by atoms with Crippen molar-refractivity contribution in [3.8, 4) is 33.9 Å². The van der Waals surface area contributed by atoms with Crippen molar-refractivity contribution in [3.63, 3.8) is 0 Å². The van der Waals surface area contributed by atoms with Crippen LogP contribution in [0.5, 0.6) is 11.6 Å². The van der Waals surface area contributed by atoms with E-state index in [0.29, 0.717) is 5.75 Å². The lowest BCUT2D eigenvalue weighted by Crippen LogP contribution is -2.26. The van der Waals surface area contributed by atoms with E-state index in [1.165, 1.54) is 17.3 Å². The topological polar surface area (TPSA) is 92.1 Å². The van der Waals surface area contributed by atoms with E-state index in [4.69, 9.17) is 9.84 Å². The normalized spacial score (nSPS) is 11.3. The molecule has 0 amide bonds. The average Bonchev–Trinajstić information content (AvgIpc) is 2.83. The molecule has 186 valence electrons. The van der Waals surface area contributed by atoms with Crippen LogP contribution in [0, 0.1) is 0 Å². The van der Waals surface area contributed by atoms with E-state index in [-0.39, 0.29) is 24.5 Å². The largest absolute Gasteiger partial charge is 0.512 e. The predicted molar refractivity (Wildman–Crippen MR) is 139 cm³/mol. The van der Waals surface area contributed by atoms with Crippen LogP contribution >= 0.6 is 0 Å². The number of rotatable bonds is 9. The highest BCUT2D eigenvalue weighted by molar-refractivity contribution is 5.79. The van der Waals surface area contributed by atoms with E-state index >= 15 is 0 Å². The van der Waals surface area contributed by atoms with Crippen LogP contribution in [-0.2, 0) is 5.41 Å². The zero-order valence-corrected chi connectivity index (χ0v) is 21.0. The fourth-order valence-electron chi connectivity index (χ4n) is 4.06. The van der Waals surface area contributed by atoms with Crippen molar-refractivity contribution >= 4 is 11.8 Å². The van der Waals surface area contributed by atoms with E-state index in [2.05, 4.69) is 67.4 Å². The van der Waals surface area contributed by atoms with Gasteiger partial charge in [-0.25, -0.2) is 9.78 Å². The maximum Gasteiger partial charge on any atom is 0.512 e. The number of aliphatic hydroxyl groups excluding tert-OH is 1. The summed E-state index contributed by atoms with van der Waals surface area (Å²) in [5, 5.41) is 18.1. The van der Waals surface area contributed by atoms with Crippen molar-refractivity contribution in [3.05, 3.63) is 60.3 Å². The maximum absolute atomic E-state index is 10.8. The van der Waals surface area contributed by atoms with E-state index in [9.17, 15) is 9.90 Å². The van der Waals surface area contributed by atoms with Gasteiger partial charge in [0, 0.05) is 42.2 Å². The van der Waals surface area contributed by atoms with Gasteiger partial charge in [-0.3, -0.25) is 0 Å². The molecule has 1 heterocycles. The molecule has 0 radical (unpaired) electrons. The lowest BCUT2D eigenvalue weighted by molar-refractivity contribution is 0.142. The minimum Gasteiger partial charge on any atom is -0.491 e. The molecule has 3 aromatic rings. The van der Waals surface area contributed by atoms with Gasteiger partial charge in [0.15, 0.2) is 0 Å². The number of hydrogen-bond donors (Lipinski definition) is 2. The number of aliphatic hydroxyl groups is 1. The summed E-state index contributed by atoms with van der Waals surface area (Å²) < 4.78 is 10.5. The van der Waals surface area contributed by atoms with E-state index < -0.39 is 6.16 Å². The zero-order chi connectivity index (χ0) is 25.6. The van der Waals surface area contributed by atoms with Crippen LogP contribution in [0.2, 0.25) is 0 Å². The van der Waals surface area contributed by atoms with Crippen molar-refractivity contribution in [1.29, 1.82) is 0 Å². The number of ether oxygens (including phenoxy) is 2. The summed E-state index contributed by atoms with van der Waals surface area (Å²) >= 11 is 0. The molecule has 0 atom stereocenters. The smallest absolute Gasteiger partial charge is 0.491 e. The number of benzene rings is 2. The molecule has 0 aliphatic heterocycles. The Kier molecular flexibility index (Phi) is 8.35. The molecule has 3 rings (SSSR count). The summed E-state index contributed by atoms with van der Waals surface area (Å²) in [6, 6.07) is 15.6. The molecule has 0 aliphatic carbocycles. The minimum atomic E-state index is -1.40. The standard InChI is InChI=1S/C28H34N2O5/c1-6-30(7-2)24-11-8-20(17-23(24)28(3,4)5)22-16-19(9-12-25(22)34-15-14-31)21-10-13-26(29-18-21)35-27(32)33/h8-13,16-18,31H,6-7,14-15H2,1-5H3,(H,32,33). The molecule has 0 unspecified atom stereocenters. The molecule has 0 bridgehead atoms. The number of carbonyl (C=O) groups is 1. The molecule has 7 heteroatoms. The molecular weight excluding hydrogens is 444 g/mol. The highest BCUT2D eigenvalue weighted by Crippen LogP contribution is 2.40. The summed E-state index contributed by atoms with van der Waals surface area (Å²) in [5.74, 6) is 0.697. The fraction of sp³-hybridized carbons (Fsp3) is 0.357. The number of pyridine rings is 1. The van der Waals surface area contributed by atoms with Crippen molar-refractivity contribution in [2.24, 2.45) is 0 Å². The van der Waals surface area contributed by atoms with Crippen molar-refractivity contribution in [1.82, 2.24) is 4.98 Å². The summed E-state index contributed by atoms with van der Waals surface area (Å²) in [5.41, 5.74) is 6.02. The molecule has 0 fully saturated rings. The van der Waals surface area contributed by atoms with Gasteiger partial charge in [-0.05, 0) is 66.3 Å². The molecule has 0 saturated carbocycles. The van der Waals surface area contributed by atoms with Gasteiger partial charge in [-0.1, -0.05) is 32.9 Å². The van der Waals surface area contributed by atoms with Gasteiger partial charge in [0.25, 0.3) is 0 Å². The first-order valence-electron chi connectivity index (χ1n) is 11.8. The van der Waals surface area contributed by atoms with Crippen LogP contribution < -0.4 is 14.4 Å². The zero-order valence-electron chi connectivity index (χ0n) is 21.0. The van der Waals surface area contributed by atoms with Gasteiger partial charge in [0.2, 0.25) is 5.88 Å². The minimum absolute atomic E-state index is 0.0196. The molecule has 2 aromatic carbocycles. The van der Waals surface area contributed by atoms with Crippen molar-refractivity contribution in [2.45, 2.75) is 40.0 Å². The van der Waals surface area contributed by atoms with Crippen LogP contribution in [0.1, 0.15) is 40.2 Å². The van der Waals surface area contributed by atoms with E-state index in [0.717, 1.165) is 35.3 Å². The summed E-state index contributed by atoms with van der Waals surface area (Å²) in [6.07, 6.45) is 0.177. The Morgan fingerprint density at radius 1 is 0.971 bits per heavy atom. The van der Waals surface area contributed by atoms with Crippen LogP contribution in [0.25, 0.3) is 22.3 Å². The predicted octanol–water partition coefficient (Wildman–Crippen LogP) is 5.99. The van der Waals surface area contributed by atoms with Crippen LogP contribution in [0.4, 0.5) is 10.5 Å². The van der Waals surface area contributed by atoms with Crippen LogP contribution in [-0.4, -0.2) is 47.7 Å². The van der Waals surface area contributed by atoms with Gasteiger partial charge in [-0.15, -0.1) is 0 Å². The molecule has 0 spiro atoms. The van der Waals surface area contributed by atoms with Gasteiger partial charge in [-0.2, -0.15) is 0 Å². The second-order valence-corrected chi connectivity index (χ2v) is 9.19. The van der Waals surface area contributed by atoms with E-state index in [1.807, 2.05) is 18.2 Å². The SMILES string of the molecule is CCN(CC)c1ccc(-c2cc(-c3ccc(OC(=O)O)nc3)ccc2OCCO)cc1C(C)(C)C. The number of nitrogens with zero attached hydrogens (tertiary/aromatic N) is 2. The Balaban J connectivity index is 2.12. The third-order valence-corrected chi connectivity index (χ3v) is 5.81. The number of carboxylic acid groups (broad SMARTS) is 1. The molecule has 35 heavy (non-hydrogen) atoms. The third-order valence-electron chi connectivity index (χ3n) is 5.81. The summed E-state index contributed by atoms with van der Waals surface area (Å²) in [7, 11) is 0. The van der Waals surface area contributed by atoms with Crippen LogP contribution in [0.15, 0.2) is 54.7 Å². The van der Waals surface area contributed by atoms with Gasteiger partial charge in [0.1, 0.15) is 12.4 Å². The Hall–Kier alpha value is -3.58. The molecule has 1 aromatic heterocycles. The van der Waals surface area contributed by atoms with Crippen LogP contribution in [0.3, 0.4) is 0 Å². The summed E-state index contributed by atoms with van der Waals surface area (Å²) in [4.78, 5) is 17.2. The van der Waals surface area contributed by atoms with Gasteiger partial charge in [0.05, 0.1) is 6.61 Å². The lowest BCUT2D eigenvalue weighted by atomic mass is 9.83. The monoisotopic (exact) mass is 478 g/mol. The number of aromatic nitrogens is 1. The summed E-state index contributed by atoms with van der Waals surface area (Å²) in [6.45, 7) is 12.9. The average molecular weight is 479 g/mol. The first-order valence-corrected chi connectivity index (χ1v) is 11.8. The number of anilines is 1. The van der Waals surface area contributed by atoms with E-state index in [1.54, 1.807) is 12.3 Å². The highest BCUT2D eigenvalue weighted by Gasteiger charge is 2.22. The molecule has 7 nitrogen and oxygen atoms in total. The highest BCUT2D eigenvalue weighted by atomic mass is 16.7. The molecular formula is C28H34N2O5. The maximum atomic E-state index is 10.8. The second-order valence-electron chi connectivity index (χ2n) is 9.19.